The number of hydrogen-bond acceptors (Lipinski definition) is 2. The van der Waals surface area contributed by atoms with Gasteiger partial charge in [0.2, 0.25) is 10.0 Å². The highest BCUT2D eigenvalue weighted by Gasteiger charge is 2.28. The number of hydrogen-bond donors (Lipinski definition) is 0. The second-order valence-electron chi connectivity index (χ2n) is 5.35. The second-order valence-corrected chi connectivity index (χ2v) is 7.72. The fraction of sp³-hybridized carbons (Fsp3) is 0.176. The smallest absolute Gasteiger partial charge is 0.207 e. The van der Waals surface area contributed by atoms with Crippen molar-refractivity contribution in [2.45, 2.75) is 11.8 Å². The van der Waals surface area contributed by atoms with Crippen molar-refractivity contribution in [3.8, 4) is 0 Å². The lowest BCUT2D eigenvalue weighted by molar-refractivity contribution is 0.490. The number of benzene rings is 2. The van der Waals surface area contributed by atoms with Gasteiger partial charge in [0.1, 0.15) is 0 Å². The van der Waals surface area contributed by atoms with Crippen LogP contribution >= 0.6 is 11.6 Å². The Morgan fingerprint density at radius 2 is 1.64 bits per heavy atom. The van der Waals surface area contributed by atoms with E-state index in [1.807, 2.05) is 49.4 Å². The van der Waals surface area contributed by atoms with Gasteiger partial charge in [0.25, 0.3) is 0 Å². The molecule has 0 N–H and O–H groups in total. The molecule has 0 spiro atoms. The lowest BCUT2D eigenvalue weighted by atomic mass is 10.1. The van der Waals surface area contributed by atoms with Crippen LogP contribution in [0.5, 0.6) is 0 Å². The zero-order chi connectivity index (χ0) is 15.7. The topological polar surface area (TPSA) is 37.4 Å². The van der Waals surface area contributed by atoms with Crippen molar-refractivity contribution in [3.63, 3.8) is 0 Å². The maximum absolute atomic E-state index is 12.6. The molecule has 3 nitrogen and oxygen atoms in total. The summed E-state index contributed by atoms with van der Waals surface area (Å²) in [4.78, 5) is 0.337. The average molecular weight is 334 g/mol. The molecule has 0 saturated carbocycles. The van der Waals surface area contributed by atoms with E-state index in [0.717, 1.165) is 16.7 Å². The van der Waals surface area contributed by atoms with Crippen LogP contribution in [0.2, 0.25) is 5.02 Å². The SMILES string of the molecule is Cc1ccc(S(=O)(=O)N2CC=C(c3ccc(Cl)cc3)C2)cc1. The molecular formula is C17H16ClNO2S. The second kappa shape index (κ2) is 5.88. The maximum Gasteiger partial charge on any atom is 0.243 e. The summed E-state index contributed by atoms with van der Waals surface area (Å²) in [6.45, 7) is 2.72. The summed E-state index contributed by atoms with van der Waals surface area (Å²) >= 11 is 5.89. The van der Waals surface area contributed by atoms with E-state index < -0.39 is 10.0 Å². The summed E-state index contributed by atoms with van der Waals surface area (Å²) in [5.74, 6) is 0. The summed E-state index contributed by atoms with van der Waals surface area (Å²) in [7, 11) is -3.45. The van der Waals surface area contributed by atoms with E-state index in [-0.39, 0.29) is 0 Å². The van der Waals surface area contributed by atoms with Crippen molar-refractivity contribution in [3.05, 3.63) is 70.8 Å². The normalized spacial score (nSPS) is 15.8. The van der Waals surface area contributed by atoms with E-state index in [2.05, 4.69) is 0 Å². The van der Waals surface area contributed by atoms with E-state index in [1.165, 1.54) is 4.31 Å². The lowest BCUT2D eigenvalue weighted by Gasteiger charge is -2.17. The maximum atomic E-state index is 12.6. The van der Waals surface area contributed by atoms with Crippen molar-refractivity contribution >= 4 is 27.2 Å². The summed E-state index contributed by atoms with van der Waals surface area (Å²) in [6.07, 6.45) is 1.95. The van der Waals surface area contributed by atoms with Gasteiger partial charge in [0, 0.05) is 18.1 Å². The molecule has 0 radical (unpaired) electrons. The van der Waals surface area contributed by atoms with Gasteiger partial charge in [-0.1, -0.05) is 47.5 Å². The Labute approximate surface area is 135 Å². The van der Waals surface area contributed by atoms with Gasteiger partial charge >= 0.3 is 0 Å². The van der Waals surface area contributed by atoms with Crippen LogP contribution in [-0.4, -0.2) is 25.8 Å². The number of nitrogens with zero attached hydrogens (tertiary/aromatic N) is 1. The summed E-state index contributed by atoms with van der Waals surface area (Å²) < 4.78 is 26.8. The largest absolute Gasteiger partial charge is 0.243 e. The molecule has 3 rings (SSSR count). The van der Waals surface area contributed by atoms with Crippen LogP contribution in [0.1, 0.15) is 11.1 Å². The summed E-state index contributed by atoms with van der Waals surface area (Å²) in [6, 6.07) is 14.4. The van der Waals surface area contributed by atoms with Crippen molar-refractivity contribution < 1.29 is 8.42 Å². The molecule has 0 fully saturated rings. The van der Waals surface area contributed by atoms with Gasteiger partial charge in [0.05, 0.1) is 4.90 Å². The number of sulfonamides is 1. The third-order valence-corrected chi connectivity index (χ3v) is 5.84. The van der Waals surface area contributed by atoms with E-state index in [9.17, 15) is 8.42 Å². The van der Waals surface area contributed by atoms with Crippen LogP contribution in [-0.2, 0) is 10.0 Å². The molecule has 0 aromatic heterocycles. The molecule has 22 heavy (non-hydrogen) atoms. The lowest BCUT2D eigenvalue weighted by Crippen LogP contribution is -2.29. The van der Waals surface area contributed by atoms with E-state index in [0.29, 0.717) is 23.0 Å². The minimum Gasteiger partial charge on any atom is -0.207 e. The number of rotatable bonds is 3. The Balaban J connectivity index is 1.81. The predicted molar refractivity (Wildman–Crippen MR) is 89.4 cm³/mol. The molecule has 0 bridgehead atoms. The Morgan fingerprint density at radius 3 is 2.27 bits per heavy atom. The molecule has 1 aliphatic rings. The third kappa shape index (κ3) is 2.95. The van der Waals surface area contributed by atoms with Crippen LogP contribution < -0.4 is 0 Å². The highest BCUT2D eigenvalue weighted by atomic mass is 35.5. The fourth-order valence-electron chi connectivity index (χ4n) is 2.45. The van der Waals surface area contributed by atoms with E-state index >= 15 is 0 Å². The summed E-state index contributed by atoms with van der Waals surface area (Å²) in [5, 5.41) is 0.673. The number of halogens is 1. The van der Waals surface area contributed by atoms with Crippen molar-refractivity contribution in [1.29, 1.82) is 0 Å². The molecule has 0 saturated heterocycles. The molecular weight excluding hydrogens is 318 g/mol. The van der Waals surface area contributed by atoms with Crippen LogP contribution in [0.25, 0.3) is 5.57 Å². The quantitative estimate of drug-likeness (QED) is 0.858. The molecule has 0 amide bonds. The first-order valence-electron chi connectivity index (χ1n) is 6.98. The van der Waals surface area contributed by atoms with Crippen molar-refractivity contribution in [1.82, 2.24) is 4.31 Å². The highest BCUT2D eigenvalue weighted by Crippen LogP contribution is 2.27. The van der Waals surface area contributed by atoms with Gasteiger partial charge in [-0.2, -0.15) is 4.31 Å². The highest BCUT2D eigenvalue weighted by molar-refractivity contribution is 7.89. The van der Waals surface area contributed by atoms with E-state index in [1.54, 1.807) is 12.1 Å². The summed E-state index contributed by atoms with van der Waals surface area (Å²) in [5.41, 5.74) is 3.05. The van der Waals surface area contributed by atoms with Crippen molar-refractivity contribution in [2.75, 3.05) is 13.1 Å². The molecule has 5 heteroatoms. The van der Waals surface area contributed by atoms with Crippen LogP contribution in [0, 0.1) is 6.92 Å². The Bertz CT molecular complexity index is 809. The minimum absolute atomic E-state index is 0.337. The molecule has 0 unspecified atom stereocenters. The molecule has 0 aliphatic carbocycles. The van der Waals surface area contributed by atoms with Crippen LogP contribution in [0.15, 0.2) is 59.5 Å². The first kappa shape index (κ1) is 15.3. The Kier molecular flexibility index (Phi) is 4.08. The monoisotopic (exact) mass is 333 g/mol. The van der Waals surface area contributed by atoms with E-state index in [4.69, 9.17) is 11.6 Å². The van der Waals surface area contributed by atoms with Crippen LogP contribution in [0.3, 0.4) is 0 Å². The Hall–Kier alpha value is -1.62. The van der Waals surface area contributed by atoms with Gasteiger partial charge in [0.15, 0.2) is 0 Å². The predicted octanol–water partition coefficient (Wildman–Crippen LogP) is 3.74. The zero-order valence-corrected chi connectivity index (χ0v) is 13.7. The molecule has 2 aromatic carbocycles. The minimum atomic E-state index is -3.45. The van der Waals surface area contributed by atoms with Gasteiger partial charge in [-0.05, 0) is 42.3 Å². The van der Waals surface area contributed by atoms with Gasteiger partial charge in [-0.15, -0.1) is 0 Å². The van der Waals surface area contributed by atoms with Gasteiger partial charge in [-0.3, -0.25) is 0 Å². The first-order valence-corrected chi connectivity index (χ1v) is 8.80. The average Bonchev–Trinajstić information content (AvgIpc) is 2.99. The molecule has 1 aliphatic heterocycles. The number of aryl methyl sites for hydroxylation is 1. The van der Waals surface area contributed by atoms with Gasteiger partial charge < -0.3 is 0 Å². The molecule has 0 atom stereocenters. The van der Waals surface area contributed by atoms with Crippen molar-refractivity contribution in [2.24, 2.45) is 0 Å². The van der Waals surface area contributed by atoms with Gasteiger partial charge in [-0.25, -0.2) is 8.42 Å². The van der Waals surface area contributed by atoms with Crippen LogP contribution in [0.4, 0.5) is 0 Å². The fourth-order valence-corrected chi connectivity index (χ4v) is 3.93. The zero-order valence-electron chi connectivity index (χ0n) is 12.2. The third-order valence-electron chi connectivity index (χ3n) is 3.76. The first-order chi connectivity index (χ1) is 10.5. The molecule has 2 aromatic rings. The Morgan fingerprint density at radius 1 is 1.00 bits per heavy atom. The molecule has 114 valence electrons. The molecule has 1 heterocycles. The standard InChI is InChI=1S/C17H16ClNO2S/c1-13-2-8-17(9-3-13)22(20,21)19-11-10-15(12-19)14-4-6-16(18)7-5-14/h2-10H,11-12H2,1H3.